The predicted molar refractivity (Wildman–Crippen MR) is 115 cm³/mol. The summed E-state index contributed by atoms with van der Waals surface area (Å²) in [5.41, 5.74) is 4.65. The van der Waals surface area contributed by atoms with Crippen LogP contribution in [0.25, 0.3) is 0 Å². The number of nitro benzene ring substituents is 1. The minimum absolute atomic E-state index is 0.0371. The Morgan fingerprint density at radius 3 is 2.48 bits per heavy atom. The van der Waals surface area contributed by atoms with Gasteiger partial charge in [0.15, 0.2) is 0 Å². The van der Waals surface area contributed by atoms with Gasteiger partial charge in [0.1, 0.15) is 6.10 Å². The summed E-state index contributed by atoms with van der Waals surface area (Å²) in [6, 6.07) is 16.9. The lowest BCUT2D eigenvalue weighted by Crippen LogP contribution is -2.23. The fraction of sp³-hybridized carbons (Fsp3) is 0.167. The third-order valence-electron chi connectivity index (χ3n) is 5.36. The molecule has 156 valence electrons. The summed E-state index contributed by atoms with van der Waals surface area (Å²) in [6.45, 7) is 3.68. The monoisotopic (exact) mass is 416 g/mol. The maximum absolute atomic E-state index is 12.8. The number of cyclic esters (lactones) is 1. The lowest BCUT2D eigenvalue weighted by molar-refractivity contribution is -0.384. The van der Waals surface area contributed by atoms with Crippen molar-refractivity contribution >= 4 is 23.3 Å². The van der Waals surface area contributed by atoms with E-state index in [2.05, 4.69) is 5.32 Å². The van der Waals surface area contributed by atoms with Gasteiger partial charge in [-0.15, -0.1) is 0 Å². The van der Waals surface area contributed by atoms with Gasteiger partial charge in [0.2, 0.25) is 0 Å². The number of amides is 1. The Balaban J connectivity index is 1.57. The van der Waals surface area contributed by atoms with E-state index in [0.29, 0.717) is 28.8 Å². The molecule has 3 aromatic rings. The molecule has 0 saturated carbocycles. The molecule has 1 aliphatic rings. The van der Waals surface area contributed by atoms with Crippen LogP contribution in [-0.4, -0.2) is 16.8 Å². The van der Waals surface area contributed by atoms with Crippen LogP contribution in [0.4, 0.5) is 11.4 Å². The van der Waals surface area contributed by atoms with Crippen LogP contribution >= 0.6 is 0 Å². The van der Waals surface area contributed by atoms with Crippen molar-refractivity contribution in [3.63, 3.8) is 0 Å². The molecular formula is C24H20N2O5. The summed E-state index contributed by atoms with van der Waals surface area (Å²) in [4.78, 5) is 35.7. The first-order valence-corrected chi connectivity index (χ1v) is 9.78. The maximum atomic E-state index is 12.8. The summed E-state index contributed by atoms with van der Waals surface area (Å²) in [7, 11) is 0. The molecule has 31 heavy (non-hydrogen) atoms. The lowest BCUT2D eigenvalue weighted by Gasteiger charge is -2.25. The number of carbonyl (C=O) groups excluding carboxylic acids is 2. The Morgan fingerprint density at radius 1 is 1.06 bits per heavy atom. The van der Waals surface area contributed by atoms with E-state index < -0.39 is 17.0 Å². The molecule has 0 bridgehead atoms. The highest BCUT2D eigenvalue weighted by molar-refractivity contribution is 6.05. The Labute approximate surface area is 178 Å². The first-order chi connectivity index (χ1) is 14.8. The number of hydrogen-bond donors (Lipinski definition) is 1. The van der Waals surface area contributed by atoms with E-state index in [1.54, 1.807) is 25.1 Å². The van der Waals surface area contributed by atoms with Crippen molar-refractivity contribution in [1.82, 2.24) is 0 Å². The highest BCUT2D eigenvalue weighted by Gasteiger charge is 2.28. The zero-order valence-corrected chi connectivity index (χ0v) is 17.0. The molecule has 1 N–H and O–H groups in total. The Hall–Kier alpha value is -4.00. The zero-order valence-electron chi connectivity index (χ0n) is 17.0. The number of ether oxygens (including phenoxy) is 1. The molecule has 1 heterocycles. The minimum Gasteiger partial charge on any atom is -0.454 e. The molecule has 1 aliphatic heterocycles. The van der Waals surface area contributed by atoms with Crippen LogP contribution in [0.2, 0.25) is 0 Å². The highest BCUT2D eigenvalue weighted by atomic mass is 16.6. The van der Waals surface area contributed by atoms with E-state index in [1.807, 2.05) is 31.2 Å². The number of fused-ring (bicyclic) bond motifs is 1. The van der Waals surface area contributed by atoms with Crippen molar-refractivity contribution in [3.8, 4) is 0 Å². The average Bonchev–Trinajstić information content (AvgIpc) is 2.75. The molecule has 3 aromatic carbocycles. The molecular weight excluding hydrogens is 396 g/mol. The third kappa shape index (κ3) is 4.16. The summed E-state index contributed by atoms with van der Waals surface area (Å²) >= 11 is 0. The van der Waals surface area contributed by atoms with Gasteiger partial charge < -0.3 is 10.1 Å². The van der Waals surface area contributed by atoms with Gasteiger partial charge >= 0.3 is 5.97 Å². The number of aryl methyl sites for hydroxylation is 2. The van der Waals surface area contributed by atoms with Crippen molar-refractivity contribution in [3.05, 3.63) is 104 Å². The summed E-state index contributed by atoms with van der Waals surface area (Å²) in [5.74, 6) is -0.768. The number of non-ortho nitro benzene ring substituents is 1. The average molecular weight is 416 g/mol. The van der Waals surface area contributed by atoms with Crippen molar-refractivity contribution in [2.24, 2.45) is 0 Å². The Morgan fingerprint density at radius 2 is 1.81 bits per heavy atom. The van der Waals surface area contributed by atoms with E-state index in [4.69, 9.17) is 4.74 Å². The number of nitrogens with zero attached hydrogens (tertiary/aromatic N) is 1. The summed E-state index contributed by atoms with van der Waals surface area (Å²) < 4.78 is 5.59. The van der Waals surface area contributed by atoms with Gasteiger partial charge in [0, 0.05) is 29.8 Å². The predicted octanol–water partition coefficient (Wildman–Crippen LogP) is 4.92. The van der Waals surface area contributed by atoms with Crippen LogP contribution < -0.4 is 5.32 Å². The normalized spacial score (nSPS) is 15.0. The number of nitrogens with one attached hydrogen (secondary N) is 1. The number of anilines is 1. The van der Waals surface area contributed by atoms with Crippen molar-refractivity contribution in [2.75, 3.05) is 5.32 Å². The molecule has 0 spiro atoms. The van der Waals surface area contributed by atoms with Crippen LogP contribution in [0.15, 0.2) is 60.7 Å². The number of benzene rings is 3. The molecule has 7 nitrogen and oxygen atoms in total. The standard InChI is InChI=1S/C24H20N2O5/c1-14-3-5-16(6-4-14)22-13-18-12-17(7-9-20(18)24(28)31-22)23(27)25-21-10-8-19(26(29)30)11-15(21)2/h3-12,22H,13H2,1-2H3,(H,25,27). The van der Waals surface area contributed by atoms with Crippen molar-refractivity contribution < 1.29 is 19.2 Å². The van der Waals surface area contributed by atoms with Crippen LogP contribution in [0.3, 0.4) is 0 Å². The number of esters is 1. The van der Waals surface area contributed by atoms with Gasteiger partial charge in [-0.2, -0.15) is 0 Å². The van der Waals surface area contributed by atoms with Crippen molar-refractivity contribution in [2.45, 2.75) is 26.4 Å². The number of hydrogen-bond acceptors (Lipinski definition) is 5. The van der Waals surface area contributed by atoms with Crippen LogP contribution in [0.1, 0.15) is 49.1 Å². The second kappa shape index (κ2) is 8.02. The molecule has 0 aliphatic carbocycles. The van der Waals surface area contributed by atoms with E-state index in [1.165, 1.54) is 18.2 Å². The molecule has 0 fully saturated rings. The number of nitro groups is 1. The van der Waals surface area contributed by atoms with Gasteiger partial charge in [-0.05, 0) is 54.8 Å². The smallest absolute Gasteiger partial charge is 0.339 e. The second-order valence-corrected chi connectivity index (χ2v) is 7.59. The molecule has 1 atom stereocenters. The zero-order chi connectivity index (χ0) is 22.1. The van der Waals surface area contributed by atoms with Crippen LogP contribution in [-0.2, 0) is 11.2 Å². The van der Waals surface area contributed by atoms with Gasteiger partial charge in [-0.25, -0.2) is 4.79 Å². The van der Waals surface area contributed by atoms with Gasteiger partial charge in [-0.3, -0.25) is 14.9 Å². The second-order valence-electron chi connectivity index (χ2n) is 7.59. The molecule has 7 heteroatoms. The fourth-order valence-electron chi connectivity index (χ4n) is 3.60. The topological polar surface area (TPSA) is 98.5 Å². The van der Waals surface area contributed by atoms with E-state index >= 15 is 0 Å². The maximum Gasteiger partial charge on any atom is 0.339 e. The Bertz CT molecular complexity index is 1200. The van der Waals surface area contributed by atoms with E-state index in [9.17, 15) is 19.7 Å². The van der Waals surface area contributed by atoms with Gasteiger partial charge in [0.25, 0.3) is 11.6 Å². The SMILES string of the molecule is Cc1ccc(C2Cc3cc(C(=O)Nc4ccc([N+](=O)[O-])cc4C)ccc3C(=O)O2)cc1. The summed E-state index contributed by atoms with van der Waals surface area (Å²) in [5, 5.41) is 13.7. The minimum atomic E-state index is -0.481. The first kappa shape index (κ1) is 20.3. The summed E-state index contributed by atoms with van der Waals surface area (Å²) in [6.07, 6.45) is 0.0674. The molecule has 0 saturated heterocycles. The quantitative estimate of drug-likeness (QED) is 0.370. The fourth-order valence-corrected chi connectivity index (χ4v) is 3.60. The Kier molecular flexibility index (Phi) is 5.25. The van der Waals surface area contributed by atoms with Crippen LogP contribution in [0.5, 0.6) is 0 Å². The molecule has 4 rings (SSSR count). The third-order valence-corrected chi connectivity index (χ3v) is 5.36. The largest absolute Gasteiger partial charge is 0.454 e. The highest BCUT2D eigenvalue weighted by Crippen LogP contribution is 2.31. The lowest BCUT2D eigenvalue weighted by atomic mass is 9.92. The number of carbonyl (C=O) groups is 2. The molecule has 1 unspecified atom stereocenters. The van der Waals surface area contributed by atoms with E-state index in [0.717, 1.165) is 16.7 Å². The van der Waals surface area contributed by atoms with Crippen LogP contribution in [0, 0.1) is 24.0 Å². The molecule has 1 amide bonds. The van der Waals surface area contributed by atoms with E-state index in [-0.39, 0.29) is 11.6 Å². The van der Waals surface area contributed by atoms with Crippen molar-refractivity contribution in [1.29, 1.82) is 0 Å². The first-order valence-electron chi connectivity index (χ1n) is 9.78. The molecule has 0 radical (unpaired) electrons. The molecule has 0 aromatic heterocycles. The van der Waals surface area contributed by atoms with Gasteiger partial charge in [-0.1, -0.05) is 29.8 Å². The van der Waals surface area contributed by atoms with Gasteiger partial charge in [0.05, 0.1) is 10.5 Å². The number of rotatable bonds is 4.